The number of nitrogens with one attached hydrogen (secondary N) is 1. The number of hydrazone groups is 1. The van der Waals surface area contributed by atoms with Gasteiger partial charge < -0.3 is 0 Å². The predicted molar refractivity (Wildman–Crippen MR) is 110 cm³/mol. The summed E-state index contributed by atoms with van der Waals surface area (Å²) in [6, 6.07) is 13.1. The highest BCUT2D eigenvalue weighted by molar-refractivity contribution is 7.89. The molecule has 2 aromatic carbocycles. The number of carbonyl (C=O) groups is 1. The number of amides is 1. The van der Waals surface area contributed by atoms with Gasteiger partial charge in [-0.15, -0.1) is 0 Å². The first-order valence-corrected chi connectivity index (χ1v) is 10.9. The largest absolute Gasteiger partial charge is 0.271 e. The average Bonchev–Trinajstić information content (AvgIpc) is 2.73. The molecule has 0 bridgehead atoms. The summed E-state index contributed by atoms with van der Waals surface area (Å²) in [5.41, 5.74) is 4.16. The SMILES string of the molecule is CC(=NNC(=O)c1cccc(S(=O)(=O)N2CCCCC2)c1)c1ccc(Cl)cc1. The normalized spacial score (nSPS) is 16.0. The number of carbonyl (C=O) groups excluding carboxylic acids is 1. The Labute approximate surface area is 170 Å². The third-order valence-corrected chi connectivity index (χ3v) is 6.78. The Morgan fingerprint density at radius 1 is 1.04 bits per heavy atom. The van der Waals surface area contributed by atoms with Gasteiger partial charge in [0.05, 0.1) is 10.6 Å². The molecule has 0 saturated carbocycles. The van der Waals surface area contributed by atoms with Gasteiger partial charge in [-0.1, -0.05) is 36.2 Å². The van der Waals surface area contributed by atoms with Gasteiger partial charge >= 0.3 is 0 Å². The van der Waals surface area contributed by atoms with E-state index in [4.69, 9.17) is 11.6 Å². The fourth-order valence-electron chi connectivity index (χ4n) is 3.01. The Hall–Kier alpha value is -2.22. The van der Waals surface area contributed by atoms with Crippen LogP contribution in [0.2, 0.25) is 5.02 Å². The van der Waals surface area contributed by atoms with E-state index in [-0.39, 0.29) is 10.5 Å². The van der Waals surface area contributed by atoms with Crippen LogP contribution in [0.4, 0.5) is 0 Å². The number of sulfonamides is 1. The molecule has 28 heavy (non-hydrogen) atoms. The summed E-state index contributed by atoms with van der Waals surface area (Å²) in [7, 11) is -3.59. The highest BCUT2D eigenvalue weighted by atomic mass is 35.5. The molecule has 2 aromatic rings. The first kappa shape index (κ1) is 20.5. The second kappa shape index (κ2) is 8.86. The van der Waals surface area contributed by atoms with Gasteiger partial charge in [0.25, 0.3) is 5.91 Å². The Morgan fingerprint density at radius 2 is 1.71 bits per heavy atom. The van der Waals surface area contributed by atoms with Crippen molar-refractivity contribution in [2.75, 3.05) is 13.1 Å². The number of halogens is 1. The van der Waals surface area contributed by atoms with Crippen LogP contribution in [0.3, 0.4) is 0 Å². The highest BCUT2D eigenvalue weighted by Crippen LogP contribution is 2.21. The summed E-state index contributed by atoms with van der Waals surface area (Å²) in [6.07, 6.45) is 2.76. The van der Waals surface area contributed by atoms with Crippen molar-refractivity contribution in [2.24, 2.45) is 5.10 Å². The van der Waals surface area contributed by atoms with E-state index >= 15 is 0 Å². The fraction of sp³-hybridized carbons (Fsp3) is 0.300. The maximum atomic E-state index is 12.8. The Morgan fingerprint density at radius 3 is 2.39 bits per heavy atom. The lowest BCUT2D eigenvalue weighted by atomic mass is 10.1. The zero-order valence-corrected chi connectivity index (χ0v) is 17.1. The smallest absolute Gasteiger partial charge is 0.267 e. The van der Waals surface area contributed by atoms with Crippen molar-refractivity contribution in [1.82, 2.24) is 9.73 Å². The van der Waals surface area contributed by atoms with Crippen molar-refractivity contribution in [1.29, 1.82) is 0 Å². The molecule has 0 unspecified atom stereocenters. The number of hydrogen-bond donors (Lipinski definition) is 1. The van der Waals surface area contributed by atoms with Gasteiger partial charge in [0, 0.05) is 23.7 Å². The number of hydrogen-bond acceptors (Lipinski definition) is 4. The van der Waals surface area contributed by atoms with Crippen molar-refractivity contribution < 1.29 is 13.2 Å². The third kappa shape index (κ3) is 4.79. The minimum absolute atomic E-state index is 0.125. The molecular weight excluding hydrogens is 398 g/mol. The predicted octanol–water partition coefficient (Wildman–Crippen LogP) is 3.67. The van der Waals surface area contributed by atoms with E-state index in [2.05, 4.69) is 10.5 Å². The van der Waals surface area contributed by atoms with Gasteiger partial charge in [-0.25, -0.2) is 13.8 Å². The molecular formula is C20H22ClN3O3S. The molecule has 1 heterocycles. The average molecular weight is 420 g/mol. The highest BCUT2D eigenvalue weighted by Gasteiger charge is 2.26. The summed E-state index contributed by atoms with van der Waals surface area (Å²) in [5.74, 6) is -0.469. The van der Waals surface area contributed by atoms with Crippen LogP contribution >= 0.6 is 11.6 Å². The van der Waals surface area contributed by atoms with Gasteiger partial charge in [0.1, 0.15) is 0 Å². The second-order valence-electron chi connectivity index (χ2n) is 6.64. The molecule has 0 atom stereocenters. The van der Waals surface area contributed by atoms with Crippen LogP contribution < -0.4 is 5.43 Å². The van der Waals surface area contributed by atoms with Crippen molar-refractivity contribution in [3.8, 4) is 0 Å². The Kier molecular flexibility index (Phi) is 6.49. The molecule has 0 aliphatic carbocycles. The lowest BCUT2D eigenvalue weighted by Gasteiger charge is -2.25. The van der Waals surface area contributed by atoms with Crippen molar-refractivity contribution >= 4 is 33.2 Å². The maximum absolute atomic E-state index is 12.8. The third-order valence-electron chi connectivity index (χ3n) is 4.64. The van der Waals surface area contributed by atoms with E-state index in [1.54, 1.807) is 43.3 Å². The molecule has 0 aromatic heterocycles. The van der Waals surface area contributed by atoms with E-state index in [0.717, 1.165) is 24.8 Å². The number of nitrogens with zero attached hydrogens (tertiary/aromatic N) is 2. The van der Waals surface area contributed by atoms with Gasteiger partial charge in [-0.05, 0) is 55.7 Å². The summed E-state index contributed by atoms with van der Waals surface area (Å²) in [5, 5.41) is 4.71. The number of rotatable bonds is 5. The molecule has 148 valence electrons. The second-order valence-corrected chi connectivity index (χ2v) is 9.01. The molecule has 1 aliphatic rings. The molecule has 8 heteroatoms. The van der Waals surface area contributed by atoms with Crippen LogP contribution in [0, 0.1) is 0 Å². The maximum Gasteiger partial charge on any atom is 0.271 e. The number of benzene rings is 2. The molecule has 1 aliphatic heterocycles. The van der Waals surface area contributed by atoms with Crippen molar-refractivity contribution in [3.05, 3.63) is 64.7 Å². The van der Waals surface area contributed by atoms with E-state index in [1.165, 1.54) is 16.4 Å². The lowest BCUT2D eigenvalue weighted by molar-refractivity contribution is 0.0954. The van der Waals surface area contributed by atoms with E-state index < -0.39 is 15.9 Å². The molecule has 0 spiro atoms. The van der Waals surface area contributed by atoms with Crippen molar-refractivity contribution in [3.63, 3.8) is 0 Å². The lowest BCUT2D eigenvalue weighted by Crippen LogP contribution is -2.35. The molecule has 1 amide bonds. The molecule has 1 saturated heterocycles. The monoisotopic (exact) mass is 419 g/mol. The zero-order valence-electron chi connectivity index (χ0n) is 15.6. The number of piperidine rings is 1. The molecule has 3 rings (SSSR count). The van der Waals surface area contributed by atoms with E-state index in [0.29, 0.717) is 23.8 Å². The van der Waals surface area contributed by atoms with Crippen LogP contribution in [0.1, 0.15) is 42.1 Å². The summed E-state index contributed by atoms with van der Waals surface area (Å²) in [4.78, 5) is 12.6. The van der Waals surface area contributed by atoms with Crippen LogP contribution in [0.25, 0.3) is 0 Å². The molecule has 1 fully saturated rings. The standard InChI is InChI=1S/C20H22ClN3O3S/c1-15(16-8-10-18(21)11-9-16)22-23-20(25)17-6-5-7-19(14-17)28(26,27)24-12-3-2-4-13-24/h5-11,14H,2-4,12-13H2,1H3,(H,23,25). The zero-order chi connectivity index (χ0) is 20.1. The molecule has 6 nitrogen and oxygen atoms in total. The first-order chi connectivity index (χ1) is 13.4. The minimum atomic E-state index is -3.59. The summed E-state index contributed by atoms with van der Waals surface area (Å²) in [6.45, 7) is 2.80. The Bertz CT molecular complexity index is 982. The summed E-state index contributed by atoms with van der Waals surface area (Å²) >= 11 is 5.87. The molecule has 1 N–H and O–H groups in total. The van der Waals surface area contributed by atoms with Gasteiger partial charge in [-0.2, -0.15) is 9.41 Å². The topological polar surface area (TPSA) is 78.8 Å². The van der Waals surface area contributed by atoms with Crippen LogP contribution in [0.15, 0.2) is 58.5 Å². The van der Waals surface area contributed by atoms with Gasteiger partial charge in [-0.3, -0.25) is 4.79 Å². The van der Waals surface area contributed by atoms with Crippen LogP contribution in [-0.4, -0.2) is 37.4 Å². The van der Waals surface area contributed by atoms with Crippen LogP contribution in [0.5, 0.6) is 0 Å². The summed E-state index contributed by atoms with van der Waals surface area (Å²) < 4.78 is 27.1. The van der Waals surface area contributed by atoms with Gasteiger partial charge in [0.2, 0.25) is 10.0 Å². The quantitative estimate of drug-likeness (QED) is 0.593. The fourth-order valence-corrected chi connectivity index (χ4v) is 4.70. The van der Waals surface area contributed by atoms with Gasteiger partial charge in [0.15, 0.2) is 0 Å². The Balaban J connectivity index is 1.75. The molecule has 0 radical (unpaired) electrons. The van der Waals surface area contributed by atoms with Crippen molar-refractivity contribution in [2.45, 2.75) is 31.1 Å². The first-order valence-electron chi connectivity index (χ1n) is 9.09. The van der Waals surface area contributed by atoms with E-state index in [9.17, 15) is 13.2 Å². The minimum Gasteiger partial charge on any atom is -0.267 e. The van der Waals surface area contributed by atoms with Crippen LogP contribution in [-0.2, 0) is 10.0 Å². The van der Waals surface area contributed by atoms with E-state index in [1.807, 2.05) is 0 Å².